The maximum atomic E-state index is 13.0. The molecule has 6 nitrogen and oxygen atoms in total. The van der Waals surface area contributed by atoms with Crippen LogP contribution in [0.15, 0.2) is 48.5 Å². The zero-order chi connectivity index (χ0) is 20.4. The summed E-state index contributed by atoms with van der Waals surface area (Å²) in [6.07, 6.45) is 0.890. The van der Waals surface area contributed by atoms with Crippen LogP contribution >= 0.6 is 11.8 Å². The lowest BCUT2D eigenvalue weighted by atomic mass is 10.0. The molecule has 0 N–H and O–H groups in total. The monoisotopic (exact) mass is 414 g/mol. The fourth-order valence-corrected chi connectivity index (χ4v) is 4.13. The van der Waals surface area contributed by atoms with Gasteiger partial charge in [0.05, 0.1) is 11.8 Å². The van der Waals surface area contributed by atoms with Gasteiger partial charge in [-0.05, 0) is 48.4 Å². The Hall–Kier alpha value is -2.87. The second kappa shape index (κ2) is 8.24. The number of likely N-dealkylation sites (tertiary alicyclic amines) is 1. The highest BCUT2D eigenvalue weighted by molar-refractivity contribution is 8.14. The third-order valence-corrected chi connectivity index (χ3v) is 5.77. The molecule has 0 radical (unpaired) electrons. The van der Waals surface area contributed by atoms with Crippen LogP contribution in [-0.4, -0.2) is 51.7 Å². The van der Waals surface area contributed by atoms with Crippen LogP contribution in [-0.2, 0) is 16.0 Å². The molecule has 0 bridgehead atoms. The molecule has 0 aliphatic carbocycles. The Morgan fingerprint density at radius 3 is 2.55 bits per heavy atom. The second-order valence-electron chi connectivity index (χ2n) is 6.97. The van der Waals surface area contributed by atoms with Gasteiger partial charge in [0, 0.05) is 19.5 Å². The predicted octanol–water partition coefficient (Wildman–Crippen LogP) is 3.46. The summed E-state index contributed by atoms with van der Waals surface area (Å²) in [5, 5.41) is -0.218. The molecule has 2 fully saturated rings. The minimum Gasteiger partial charge on any atom is -0.457 e. The zero-order valence-corrected chi connectivity index (χ0v) is 16.4. The normalized spacial score (nSPS) is 16.9. The molecule has 0 unspecified atom stereocenters. The molecule has 2 aliphatic rings. The average molecular weight is 414 g/mol. The van der Waals surface area contributed by atoms with E-state index in [1.54, 1.807) is 23.1 Å². The highest BCUT2D eigenvalue weighted by Gasteiger charge is 2.43. The summed E-state index contributed by atoms with van der Waals surface area (Å²) in [5.74, 6) is 0.854. The number of thioether (sulfide) groups is 1. The van der Waals surface area contributed by atoms with Crippen molar-refractivity contribution < 1.29 is 23.5 Å². The summed E-state index contributed by atoms with van der Waals surface area (Å²) in [5.41, 5.74) is 0.955. The molecule has 8 heteroatoms. The minimum absolute atomic E-state index is 0.00199. The third-order valence-electron chi connectivity index (χ3n) is 4.94. The molecule has 0 aromatic heterocycles. The molecule has 0 atom stereocenters. The van der Waals surface area contributed by atoms with Crippen molar-refractivity contribution in [2.45, 2.75) is 18.9 Å². The van der Waals surface area contributed by atoms with Crippen LogP contribution in [0.3, 0.4) is 0 Å². The predicted molar refractivity (Wildman–Crippen MR) is 106 cm³/mol. The summed E-state index contributed by atoms with van der Waals surface area (Å²) in [7, 11) is 0. The average Bonchev–Trinajstić information content (AvgIpc) is 3.00. The number of rotatable bonds is 6. The van der Waals surface area contributed by atoms with Gasteiger partial charge in [-0.2, -0.15) is 0 Å². The van der Waals surface area contributed by atoms with Crippen molar-refractivity contribution in [3.05, 3.63) is 59.9 Å². The molecule has 0 spiro atoms. The molecule has 29 heavy (non-hydrogen) atoms. The van der Waals surface area contributed by atoms with E-state index in [9.17, 15) is 18.8 Å². The van der Waals surface area contributed by atoms with Gasteiger partial charge >= 0.3 is 0 Å². The van der Waals surface area contributed by atoms with E-state index in [-0.39, 0.29) is 34.7 Å². The number of imide groups is 1. The first-order valence-electron chi connectivity index (χ1n) is 9.28. The highest BCUT2D eigenvalue weighted by atomic mass is 32.2. The van der Waals surface area contributed by atoms with E-state index < -0.39 is 0 Å². The fraction of sp³-hybridized carbons (Fsp3) is 0.286. The number of benzene rings is 2. The maximum Gasteiger partial charge on any atom is 0.289 e. The van der Waals surface area contributed by atoms with E-state index >= 15 is 0 Å². The Morgan fingerprint density at radius 1 is 1.10 bits per heavy atom. The molecule has 4 rings (SSSR count). The number of aryl methyl sites for hydroxylation is 1. The minimum atomic E-state index is -0.324. The smallest absolute Gasteiger partial charge is 0.289 e. The van der Waals surface area contributed by atoms with Crippen molar-refractivity contribution >= 4 is 28.8 Å². The number of amides is 3. The molecule has 150 valence electrons. The molecule has 2 aromatic rings. The van der Waals surface area contributed by atoms with Crippen molar-refractivity contribution in [1.82, 2.24) is 9.80 Å². The van der Waals surface area contributed by atoms with Crippen LogP contribution in [0.1, 0.15) is 12.0 Å². The highest BCUT2D eigenvalue weighted by Crippen LogP contribution is 2.27. The largest absolute Gasteiger partial charge is 0.457 e. The van der Waals surface area contributed by atoms with E-state index in [0.29, 0.717) is 37.4 Å². The van der Waals surface area contributed by atoms with Crippen molar-refractivity contribution in [2.75, 3.05) is 18.8 Å². The van der Waals surface area contributed by atoms with Crippen LogP contribution in [0.25, 0.3) is 0 Å². The van der Waals surface area contributed by atoms with Gasteiger partial charge in [-0.3, -0.25) is 19.3 Å². The van der Waals surface area contributed by atoms with Gasteiger partial charge in [-0.1, -0.05) is 23.9 Å². The molecule has 2 saturated heterocycles. The Morgan fingerprint density at radius 2 is 1.86 bits per heavy atom. The first kappa shape index (κ1) is 19.4. The molecule has 2 aliphatic heterocycles. The maximum absolute atomic E-state index is 13.0. The van der Waals surface area contributed by atoms with Crippen molar-refractivity contribution in [3.63, 3.8) is 0 Å². The number of hydrogen-bond acceptors (Lipinski definition) is 5. The topological polar surface area (TPSA) is 66.9 Å². The number of halogens is 1. The van der Waals surface area contributed by atoms with Gasteiger partial charge in [0.25, 0.3) is 5.24 Å². The summed E-state index contributed by atoms with van der Waals surface area (Å²) < 4.78 is 18.7. The zero-order valence-electron chi connectivity index (χ0n) is 15.5. The molecule has 3 amide bonds. The first-order valence-corrected chi connectivity index (χ1v) is 10.3. The van der Waals surface area contributed by atoms with Gasteiger partial charge in [-0.15, -0.1) is 0 Å². The van der Waals surface area contributed by atoms with E-state index in [1.807, 2.05) is 18.2 Å². The molecule has 0 saturated carbocycles. The Labute approximate surface area is 171 Å². The SMILES string of the molecule is O=C(CCc1cccc(Oc2ccc(F)cc2)c1)N1CC(N2C(=O)CSC2=O)C1. The van der Waals surface area contributed by atoms with Gasteiger partial charge in [0.1, 0.15) is 17.3 Å². The van der Waals surface area contributed by atoms with E-state index in [0.717, 1.165) is 17.3 Å². The summed E-state index contributed by atoms with van der Waals surface area (Å²) in [4.78, 5) is 38.8. The number of nitrogens with zero attached hydrogens (tertiary/aromatic N) is 2. The van der Waals surface area contributed by atoms with E-state index in [2.05, 4.69) is 0 Å². The van der Waals surface area contributed by atoms with Crippen LogP contribution in [0, 0.1) is 5.82 Å². The lowest BCUT2D eigenvalue weighted by Crippen LogP contribution is -2.62. The van der Waals surface area contributed by atoms with Crippen molar-refractivity contribution in [3.8, 4) is 11.5 Å². The van der Waals surface area contributed by atoms with Crippen molar-refractivity contribution in [1.29, 1.82) is 0 Å². The molecule has 2 aromatic carbocycles. The van der Waals surface area contributed by atoms with Gasteiger partial charge in [0.15, 0.2) is 0 Å². The van der Waals surface area contributed by atoms with Crippen LogP contribution in [0.2, 0.25) is 0 Å². The summed E-state index contributed by atoms with van der Waals surface area (Å²) in [6.45, 7) is 0.815. The van der Waals surface area contributed by atoms with Gasteiger partial charge in [0.2, 0.25) is 11.8 Å². The lowest BCUT2D eigenvalue weighted by molar-refractivity contribution is -0.142. The third kappa shape index (κ3) is 4.42. The van der Waals surface area contributed by atoms with Crippen LogP contribution in [0.5, 0.6) is 11.5 Å². The van der Waals surface area contributed by atoms with Gasteiger partial charge < -0.3 is 9.64 Å². The Bertz CT molecular complexity index is 928. The van der Waals surface area contributed by atoms with Gasteiger partial charge in [-0.25, -0.2) is 4.39 Å². The van der Waals surface area contributed by atoms with Crippen molar-refractivity contribution in [2.24, 2.45) is 0 Å². The lowest BCUT2D eigenvalue weighted by Gasteiger charge is -2.42. The standard InChI is InChI=1S/C21H19FN2O4S/c22-15-5-7-17(8-6-15)28-18-3-1-2-14(10-18)4-9-19(25)23-11-16(12-23)24-20(26)13-29-21(24)27/h1-3,5-8,10,16H,4,9,11-13H2. The number of carbonyl (C=O) groups is 3. The molecular formula is C21H19FN2O4S. The fourth-order valence-electron chi connectivity index (χ4n) is 3.35. The molecule has 2 heterocycles. The molecular weight excluding hydrogens is 395 g/mol. The summed E-state index contributed by atoms with van der Waals surface area (Å²) >= 11 is 1.01. The first-order chi connectivity index (χ1) is 14.0. The number of hydrogen-bond donors (Lipinski definition) is 0. The van der Waals surface area contributed by atoms with E-state index in [1.165, 1.54) is 17.0 Å². The summed E-state index contributed by atoms with van der Waals surface area (Å²) in [6, 6.07) is 13.0. The Balaban J connectivity index is 1.27. The Kier molecular flexibility index (Phi) is 5.53. The number of ether oxygens (including phenoxy) is 1. The quantitative estimate of drug-likeness (QED) is 0.724. The second-order valence-corrected chi connectivity index (χ2v) is 7.90. The van der Waals surface area contributed by atoms with Crippen LogP contribution in [0.4, 0.5) is 9.18 Å². The number of carbonyl (C=O) groups excluding carboxylic acids is 3. The van der Waals surface area contributed by atoms with Crippen LogP contribution < -0.4 is 4.74 Å². The van der Waals surface area contributed by atoms with E-state index in [4.69, 9.17) is 4.74 Å².